The highest BCUT2D eigenvalue weighted by molar-refractivity contribution is 14.0. The predicted octanol–water partition coefficient (Wildman–Crippen LogP) is 2.45. The molecule has 30 heavy (non-hydrogen) atoms. The molecule has 1 aromatic carbocycles. The van der Waals surface area contributed by atoms with Gasteiger partial charge < -0.3 is 20.3 Å². The number of guanidine groups is 1. The number of hydrogen-bond acceptors (Lipinski definition) is 4. The summed E-state index contributed by atoms with van der Waals surface area (Å²) in [7, 11) is 4.93. The number of halogens is 2. The molecule has 0 aromatic heterocycles. The number of likely N-dealkylation sites (tertiary alicyclic amines) is 1. The zero-order valence-corrected chi connectivity index (χ0v) is 20.7. The minimum atomic E-state index is -0.323. The minimum Gasteiger partial charge on any atom is -0.494 e. The first kappa shape index (κ1) is 26.4. The Labute approximate surface area is 196 Å². The third-order valence-electron chi connectivity index (χ3n) is 4.96. The molecule has 1 aliphatic rings. The van der Waals surface area contributed by atoms with E-state index in [1.54, 1.807) is 31.1 Å². The summed E-state index contributed by atoms with van der Waals surface area (Å²) in [5.74, 6) is 0.620. The van der Waals surface area contributed by atoms with E-state index in [0.29, 0.717) is 12.0 Å². The number of carbonyl (C=O) groups is 1. The van der Waals surface area contributed by atoms with Crippen molar-refractivity contribution in [3.05, 3.63) is 29.6 Å². The van der Waals surface area contributed by atoms with Crippen LogP contribution in [0.4, 0.5) is 4.39 Å². The highest BCUT2D eigenvalue weighted by Crippen LogP contribution is 2.20. The molecule has 0 bridgehead atoms. The van der Waals surface area contributed by atoms with Crippen LogP contribution in [-0.4, -0.2) is 75.1 Å². The molecule has 0 spiro atoms. The third kappa shape index (κ3) is 8.63. The second kappa shape index (κ2) is 13.6. The first-order valence-corrected chi connectivity index (χ1v) is 10.2. The molecule has 0 radical (unpaired) electrons. The van der Waals surface area contributed by atoms with Crippen LogP contribution in [0, 0.1) is 5.82 Å². The van der Waals surface area contributed by atoms with Crippen LogP contribution in [0.3, 0.4) is 0 Å². The molecule has 1 fully saturated rings. The molecular formula is C21H35FIN5O2. The number of nitrogens with one attached hydrogen (secondary N) is 2. The van der Waals surface area contributed by atoms with Gasteiger partial charge in [-0.15, -0.1) is 24.0 Å². The molecule has 1 aromatic rings. The number of likely N-dealkylation sites (N-methyl/N-ethyl adjacent to an activating group) is 1. The Morgan fingerprint density at radius 3 is 2.60 bits per heavy atom. The largest absolute Gasteiger partial charge is 0.494 e. The average Bonchev–Trinajstić information content (AvgIpc) is 2.71. The van der Waals surface area contributed by atoms with Gasteiger partial charge in [-0.1, -0.05) is 13.0 Å². The monoisotopic (exact) mass is 535 g/mol. The summed E-state index contributed by atoms with van der Waals surface area (Å²) in [6.07, 6.45) is 2.92. The number of amides is 1. The van der Waals surface area contributed by atoms with Gasteiger partial charge in [0.2, 0.25) is 5.91 Å². The molecule has 1 heterocycles. The number of benzene rings is 1. The molecule has 1 saturated heterocycles. The van der Waals surface area contributed by atoms with Crippen LogP contribution < -0.4 is 15.4 Å². The SMILES string of the molecule is CCCNC(=NCC(=O)N(C)C)NC1CCN(Cc2ccc(OC)c(F)c2)CC1.I. The van der Waals surface area contributed by atoms with E-state index in [4.69, 9.17) is 4.74 Å². The summed E-state index contributed by atoms with van der Waals surface area (Å²) in [4.78, 5) is 20.1. The number of piperidine rings is 1. The average molecular weight is 535 g/mol. The Morgan fingerprint density at radius 2 is 2.03 bits per heavy atom. The van der Waals surface area contributed by atoms with Crippen LogP contribution in [-0.2, 0) is 11.3 Å². The van der Waals surface area contributed by atoms with Gasteiger partial charge in [0.05, 0.1) is 7.11 Å². The van der Waals surface area contributed by atoms with Crippen molar-refractivity contribution >= 4 is 35.8 Å². The second-order valence-electron chi connectivity index (χ2n) is 7.54. The van der Waals surface area contributed by atoms with Crippen LogP contribution >= 0.6 is 24.0 Å². The molecular weight excluding hydrogens is 500 g/mol. The summed E-state index contributed by atoms with van der Waals surface area (Å²) < 4.78 is 18.9. The summed E-state index contributed by atoms with van der Waals surface area (Å²) >= 11 is 0. The topological polar surface area (TPSA) is 69.2 Å². The standard InChI is InChI=1S/C21H34FN5O2.HI/c1-5-10-23-21(24-14-20(28)26(2)3)25-17-8-11-27(12-9-17)15-16-6-7-19(29-4)18(22)13-16;/h6-7,13,17H,5,8-12,14-15H2,1-4H3,(H2,23,24,25);1H. The van der Waals surface area contributed by atoms with E-state index in [-0.39, 0.29) is 48.0 Å². The number of nitrogens with zero attached hydrogens (tertiary/aromatic N) is 3. The minimum absolute atomic E-state index is 0. The van der Waals surface area contributed by atoms with Crippen molar-refractivity contribution in [2.45, 2.75) is 38.8 Å². The fraction of sp³-hybridized carbons (Fsp3) is 0.619. The van der Waals surface area contributed by atoms with Crippen molar-refractivity contribution in [2.24, 2.45) is 4.99 Å². The first-order valence-electron chi connectivity index (χ1n) is 10.2. The Kier molecular flexibility index (Phi) is 12.0. The first-order chi connectivity index (χ1) is 13.9. The van der Waals surface area contributed by atoms with Crippen molar-refractivity contribution in [3.63, 3.8) is 0 Å². The Bertz CT molecular complexity index is 694. The number of methoxy groups -OCH3 is 1. The molecule has 1 aliphatic heterocycles. The lowest BCUT2D eigenvalue weighted by Gasteiger charge is -2.33. The zero-order chi connectivity index (χ0) is 21.2. The van der Waals surface area contributed by atoms with E-state index in [9.17, 15) is 9.18 Å². The molecule has 7 nitrogen and oxygen atoms in total. The van der Waals surface area contributed by atoms with E-state index in [2.05, 4.69) is 27.4 Å². The van der Waals surface area contributed by atoms with Crippen molar-refractivity contribution in [1.29, 1.82) is 0 Å². The van der Waals surface area contributed by atoms with Gasteiger partial charge in [-0.05, 0) is 37.0 Å². The Balaban J connectivity index is 0.00000450. The molecule has 170 valence electrons. The van der Waals surface area contributed by atoms with E-state index in [1.807, 2.05) is 6.07 Å². The van der Waals surface area contributed by atoms with E-state index < -0.39 is 0 Å². The second-order valence-corrected chi connectivity index (χ2v) is 7.54. The summed E-state index contributed by atoms with van der Waals surface area (Å²) in [5, 5.41) is 6.74. The lowest BCUT2D eigenvalue weighted by molar-refractivity contribution is -0.127. The fourth-order valence-corrected chi connectivity index (χ4v) is 3.18. The van der Waals surface area contributed by atoms with Crippen molar-refractivity contribution in [3.8, 4) is 5.75 Å². The van der Waals surface area contributed by atoms with Crippen molar-refractivity contribution < 1.29 is 13.9 Å². The number of rotatable bonds is 8. The maximum Gasteiger partial charge on any atom is 0.243 e. The van der Waals surface area contributed by atoms with Crippen LogP contribution in [0.5, 0.6) is 5.75 Å². The molecule has 0 atom stereocenters. The maximum absolute atomic E-state index is 13.9. The molecule has 0 saturated carbocycles. The van der Waals surface area contributed by atoms with Gasteiger partial charge in [-0.2, -0.15) is 0 Å². The van der Waals surface area contributed by atoms with Gasteiger partial charge in [0.1, 0.15) is 6.54 Å². The lowest BCUT2D eigenvalue weighted by atomic mass is 10.0. The smallest absolute Gasteiger partial charge is 0.243 e. The lowest BCUT2D eigenvalue weighted by Crippen LogP contribution is -2.49. The Morgan fingerprint density at radius 1 is 1.33 bits per heavy atom. The number of aliphatic imine (C=N–C) groups is 1. The van der Waals surface area contributed by atoms with Gasteiger partial charge >= 0.3 is 0 Å². The highest BCUT2D eigenvalue weighted by atomic mass is 127. The molecule has 2 rings (SSSR count). The maximum atomic E-state index is 13.9. The van der Waals surface area contributed by atoms with Gasteiger partial charge in [0, 0.05) is 46.3 Å². The number of carbonyl (C=O) groups excluding carboxylic acids is 1. The van der Waals surface area contributed by atoms with E-state index in [1.165, 1.54) is 7.11 Å². The molecule has 1 amide bonds. The highest BCUT2D eigenvalue weighted by Gasteiger charge is 2.20. The van der Waals surface area contributed by atoms with Crippen LogP contribution in [0.15, 0.2) is 23.2 Å². The van der Waals surface area contributed by atoms with Crippen molar-refractivity contribution in [2.75, 3.05) is 47.4 Å². The van der Waals surface area contributed by atoms with E-state index >= 15 is 0 Å². The molecule has 9 heteroatoms. The van der Waals surface area contributed by atoms with E-state index in [0.717, 1.165) is 51.0 Å². The fourth-order valence-electron chi connectivity index (χ4n) is 3.18. The number of hydrogen-bond donors (Lipinski definition) is 2. The predicted molar refractivity (Wildman–Crippen MR) is 129 cm³/mol. The molecule has 0 aliphatic carbocycles. The van der Waals surface area contributed by atoms with Gasteiger partial charge in [-0.3, -0.25) is 9.69 Å². The molecule has 0 unspecified atom stereocenters. The zero-order valence-electron chi connectivity index (χ0n) is 18.4. The van der Waals surface area contributed by atoms with Crippen molar-refractivity contribution in [1.82, 2.24) is 20.4 Å². The molecule has 2 N–H and O–H groups in total. The van der Waals surface area contributed by atoms with Crippen LogP contribution in [0.1, 0.15) is 31.7 Å². The van der Waals surface area contributed by atoms with Gasteiger partial charge in [0.25, 0.3) is 0 Å². The summed E-state index contributed by atoms with van der Waals surface area (Å²) in [5.41, 5.74) is 0.948. The van der Waals surface area contributed by atoms with Crippen LogP contribution in [0.25, 0.3) is 0 Å². The third-order valence-corrected chi connectivity index (χ3v) is 4.96. The Hall–Kier alpha value is -1.62. The normalized spacial score (nSPS) is 15.3. The quantitative estimate of drug-likeness (QED) is 0.304. The summed E-state index contributed by atoms with van der Waals surface area (Å²) in [6.45, 7) is 5.60. The summed E-state index contributed by atoms with van der Waals surface area (Å²) in [6, 6.07) is 5.44. The van der Waals surface area contributed by atoms with Gasteiger partial charge in [-0.25, -0.2) is 9.38 Å². The van der Waals surface area contributed by atoms with Gasteiger partial charge in [0.15, 0.2) is 17.5 Å². The number of ether oxygens (including phenoxy) is 1. The van der Waals surface area contributed by atoms with Crippen LogP contribution in [0.2, 0.25) is 0 Å².